The molecule has 0 unspecified atom stereocenters. The molecule has 13 rings (SSSR count). The van der Waals surface area contributed by atoms with Gasteiger partial charge in [0.05, 0.1) is 16.7 Å². The molecule has 250 valence electrons. The molecule has 0 amide bonds. The smallest absolute Gasteiger partial charge is 0.253 e. The molecule has 54 heavy (non-hydrogen) atoms. The largest absolute Gasteiger partial charge is 0.310 e. The SMILES string of the molecule is CC1(C)c2ccccc2-c2cc3c(cc21)c1cccc2c1n3-c1cccc3c1B2c1c2ccccc2cc2c(-c4ccccc4)c(-c4ccccc4)n-3c12. The number of rotatable bonds is 2. The van der Waals surface area contributed by atoms with E-state index in [2.05, 4.69) is 187 Å². The third-order valence-electron chi connectivity index (χ3n) is 13.1. The van der Waals surface area contributed by atoms with E-state index in [1.165, 1.54) is 116 Å². The molecule has 1 aliphatic carbocycles. The van der Waals surface area contributed by atoms with Crippen molar-refractivity contribution in [1.29, 1.82) is 0 Å². The van der Waals surface area contributed by atoms with E-state index in [1.54, 1.807) is 0 Å². The Hall–Kier alpha value is -6.58. The molecule has 0 radical (unpaired) electrons. The van der Waals surface area contributed by atoms with Gasteiger partial charge in [-0.3, -0.25) is 0 Å². The summed E-state index contributed by atoms with van der Waals surface area (Å²) in [5.74, 6) is 0. The Morgan fingerprint density at radius 2 is 1.15 bits per heavy atom. The van der Waals surface area contributed by atoms with Crippen molar-refractivity contribution in [3.8, 4) is 44.9 Å². The van der Waals surface area contributed by atoms with Gasteiger partial charge in [0.15, 0.2) is 0 Å². The standard InChI is InChI=1S/C51H33BN2/c1-51(2)39-23-12-11-21-34(39)36-29-44-37(28-40(36)51)35-22-13-24-41-49(35)53(44)42-25-14-26-43-47(42)52(41)46-33-20-10-9-19-32(33)27-38-45(30-15-5-3-6-16-30)48(54(43)50(38)46)31-17-7-4-8-18-31/h3-29H,1-2H3. The first-order chi connectivity index (χ1) is 26.6. The first-order valence-corrected chi connectivity index (χ1v) is 19.2. The first kappa shape index (κ1) is 28.9. The van der Waals surface area contributed by atoms with Crippen LogP contribution >= 0.6 is 0 Å². The topological polar surface area (TPSA) is 9.86 Å². The fourth-order valence-corrected chi connectivity index (χ4v) is 10.9. The van der Waals surface area contributed by atoms with Gasteiger partial charge in [0.2, 0.25) is 0 Å². The minimum atomic E-state index is -0.0642. The van der Waals surface area contributed by atoms with E-state index in [4.69, 9.17) is 0 Å². The summed E-state index contributed by atoms with van der Waals surface area (Å²) >= 11 is 0. The predicted molar refractivity (Wildman–Crippen MR) is 228 cm³/mol. The Balaban J connectivity index is 1.23. The van der Waals surface area contributed by atoms with Crippen molar-refractivity contribution in [2.75, 3.05) is 0 Å². The fourth-order valence-electron chi connectivity index (χ4n) is 10.9. The Bertz CT molecular complexity index is 3290. The molecule has 10 aromatic rings. The van der Waals surface area contributed by atoms with Gasteiger partial charge in [-0.15, -0.1) is 0 Å². The van der Waals surface area contributed by atoms with Crippen LogP contribution in [0.1, 0.15) is 25.0 Å². The van der Waals surface area contributed by atoms with Gasteiger partial charge in [-0.1, -0.05) is 147 Å². The number of hydrogen-bond donors (Lipinski definition) is 0. The van der Waals surface area contributed by atoms with E-state index in [0.717, 1.165) is 0 Å². The molecule has 0 atom stereocenters. The third kappa shape index (κ3) is 3.36. The van der Waals surface area contributed by atoms with Crippen molar-refractivity contribution in [3.05, 3.63) is 175 Å². The van der Waals surface area contributed by atoms with E-state index in [1.807, 2.05) is 0 Å². The molecule has 2 nitrogen and oxygen atoms in total. The lowest BCUT2D eigenvalue weighted by Gasteiger charge is -2.34. The minimum Gasteiger partial charge on any atom is -0.310 e. The summed E-state index contributed by atoms with van der Waals surface area (Å²) in [6.07, 6.45) is 0. The maximum absolute atomic E-state index is 2.62. The minimum absolute atomic E-state index is 0.0642. The molecule has 2 aromatic heterocycles. The maximum Gasteiger partial charge on any atom is 0.253 e. The predicted octanol–water partition coefficient (Wildman–Crippen LogP) is 10.7. The van der Waals surface area contributed by atoms with Crippen LogP contribution < -0.4 is 16.4 Å². The molecule has 0 saturated heterocycles. The molecule has 3 heteroatoms. The van der Waals surface area contributed by atoms with Crippen LogP contribution in [0.15, 0.2) is 164 Å². The van der Waals surface area contributed by atoms with Gasteiger partial charge in [0, 0.05) is 44.0 Å². The molecule has 3 aliphatic rings. The van der Waals surface area contributed by atoms with Crippen LogP contribution in [0.25, 0.3) is 88.4 Å². The monoisotopic (exact) mass is 684 g/mol. The van der Waals surface area contributed by atoms with E-state index in [0.29, 0.717) is 0 Å². The Kier molecular flexibility index (Phi) is 5.30. The van der Waals surface area contributed by atoms with Crippen molar-refractivity contribution in [2.45, 2.75) is 19.3 Å². The summed E-state index contributed by atoms with van der Waals surface area (Å²) in [4.78, 5) is 0. The van der Waals surface area contributed by atoms with Crippen molar-refractivity contribution in [3.63, 3.8) is 0 Å². The van der Waals surface area contributed by atoms with Gasteiger partial charge in [0.1, 0.15) is 0 Å². The highest BCUT2D eigenvalue weighted by molar-refractivity contribution is 7.01. The number of benzene rings is 8. The van der Waals surface area contributed by atoms with Crippen LogP contribution in [0.5, 0.6) is 0 Å². The van der Waals surface area contributed by atoms with Gasteiger partial charge in [0.25, 0.3) is 6.71 Å². The number of hydrogen-bond acceptors (Lipinski definition) is 0. The molecule has 8 aromatic carbocycles. The van der Waals surface area contributed by atoms with E-state index < -0.39 is 0 Å². The van der Waals surface area contributed by atoms with Crippen LogP contribution in [-0.4, -0.2) is 15.8 Å². The number of para-hydroxylation sites is 1. The highest BCUT2D eigenvalue weighted by Crippen LogP contribution is 2.52. The summed E-state index contributed by atoms with van der Waals surface area (Å²) in [6.45, 7) is 4.85. The van der Waals surface area contributed by atoms with Gasteiger partial charge in [-0.05, 0) is 90.9 Å². The zero-order chi connectivity index (χ0) is 35.4. The van der Waals surface area contributed by atoms with Gasteiger partial charge >= 0.3 is 0 Å². The first-order valence-electron chi connectivity index (χ1n) is 19.2. The molecular formula is C51H33BN2. The lowest BCUT2D eigenvalue weighted by atomic mass is 9.33. The second-order valence-electron chi connectivity index (χ2n) is 16.0. The Morgan fingerprint density at radius 1 is 0.463 bits per heavy atom. The zero-order valence-corrected chi connectivity index (χ0v) is 30.1. The van der Waals surface area contributed by atoms with Crippen molar-refractivity contribution < 1.29 is 0 Å². The highest BCUT2D eigenvalue weighted by Gasteiger charge is 2.43. The quantitative estimate of drug-likeness (QED) is 0.161. The average Bonchev–Trinajstić information content (AvgIpc) is 3.81. The summed E-state index contributed by atoms with van der Waals surface area (Å²) in [6, 6.07) is 61.8. The van der Waals surface area contributed by atoms with E-state index in [-0.39, 0.29) is 12.1 Å². The zero-order valence-electron chi connectivity index (χ0n) is 30.1. The summed E-state index contributed by atoms with van der Waals surface area (Å²) in [5.41, 5.74) is 21.1. The van der Waals surface area contributed by atoms with Gasteiger partial charge in [-0.2, -0.15) is 0 Å². The van der Waals surface area contributed by atoms with E-state index >= 15 is 0 Å². The van der Waals surface area contributed by atoms with Crippen molar-refractivity contribution >= 4 is 66.6 Å². The van der Waals surface area contributed by atoms with Crippen molar-refractivity contribution in [1.82, 2.24) is 9.13 Å². The number of fused-ring (bicyclic) bond motifs is 12. The van der Waals surface area contributed by atoms with Crippen LogP contribution in [0.4, 0.5) is 0 Å². The normalized spacial score (nSPS) is 14.2. The van der Waals surface area contributed by atoms with Gasteiger partial charge in [-0.25, -0.2) is 0 Å². The maximum atomic E-state index is 2.62. The van der Waals surface area contributed by atoms with Gasteiger partial charge < -0.3 is 9.13 Å². The Labute approximate surface area is 313 Å². The Morgan fingerprint density at radius 3 is 1.98 bits per heavy atom. The van der Waals surface area contributed by atoms with Crippen LogP contribution in [0.3, 0.4) is 0 Å². The molecule has 0 N–H and O–H groups in total. The molecule has 0 bridgehead atoms. The summed E-state index contributed by atoms with van der Waals surface area (Å²) < 4.78 is 5.23. The number of nitrogens with zero attached hydrogens (tertiary/aromatic N) is 2. The average molecular weight is 685 g/mol. The second-order valence-corrected chi connectivity index (χ2v) is 16.0. The molecular weight excluding hydrogens is 651 g/mol. The van der Waals surface area contributed by atoms with Crippen LogP contribution in [0.2, 0.25) is 0 Å². The van der Waals surface area contributed by atoms with Crippen LogP contribution in [0, 0.1) is 0 Å². The summed E-state index contributed by atoms with van der Waals surface area (Å²) in [5, 5.41) is 6.58. The molecule has 4 heterocycles. The second kappa shape index (κ2) is 9.89. The van der Waals surface area contributed by atoms with Crippen LogP contribution in [-0.2, 0) is 5.41 Å². The molecule has 0 spiro atoms. The molecule has 2 aliphatic heterocycles. The summed E-state index contributed by atoms with van der Waals surface area (Å²) in [7, 11) is 0. The molecule has 0 fully saturated rings. The van der Waals surface area contributed by atoms with Crippen molar-refractivity contribution in [2.24, 2.45) is 0 Å². The fraction of sp³-hybridized carbons (Fsp3) is 0.0588. The highest BCUT2D eigenvalue weighted by atomic mass is 15.0. The third-order valence-corrected chi connectivity index (χ3v) is 13.1. The number of aromatic nitrogens is 2. The lowest BCUT2D eigenvalue weighted by molar-refractivity contribution is 0.661. The van der Waals surface area contributed by atoms with E-state index in [9.17, 15) is 0 Å². The molecule has 0 saturated carbocycles. The lowest BCUT2D eigenvalue weighted by Crippen LogP contribution is -2.59.